The molecule has 1 aliphatic rings. The van der Waals surface area contributed by atoms with E-state index in [1.807, 2.05) is 11.7 Å². The van der Waals surface area contributed by atoms with Crippen molar-refractivity contribution in [1.82, 2.24) is 24.8 Å². The second kappa shape index (κ2) is 5.88. The molecule has 118 valence electrons. The van der Waals surface area contributed by atoms with Crippen molar-refractivity contribution in [1.29, 1.82) is 0 Å². The molecule has 2 N–H and O–H groups in total. The number of carbonyl (C=O) groups is 1. The van der Waals surface area contributed by atoms with Crippen LogP contribution in [-0.4, -0.2) is 37.3 Å². The predicted octanol–water partition coefficient (Wildman–Crippen LogP) is 0.801. The number of hydrogen-bond acceptors (Lipinski definition) is 6. The Bertz CT molecular complexity index is 677. The Morgan fingerprint density at radius 1 is 1.55 bits per heavy atom. The van der Waals surface area contributed by atoms with Crippen LogP contribution < -0.4 is 5.73 Å². The summed E-state index contributed by atoms with van der Waals surface area (Å²) in [5.41, 5.74) is 7.50. The number of rotatable bonds is 5. The highest BCUT2D eigenvalue weighted by molar-refractivity contribution is 5.88. The first kappa shape index (κ1) is 14.7. The monoisotopic (exact) mass is 304 g/mol. The van der Waals surface area contributed by atoms with Crippen LogP contribution in [0.4, 0.5) is 0 Å². The van der Waals surface area contributed by atoms with Gasteiger partial charge in [0.2, 0.25) is 5.89 Å². The van der Waals surface area contributed by atoms with Crippen molar-refractivity contribution >= 4 is 5.91 Å². The van der Waals surface area contributed by atoms with Crippen molar-refractivity contribution in [3.63, 3.8) is 0 Å². The van der Waals surface area contributed by atoms with Gasteiger partial charge < -0.3 is 10.3 Å². The van der Waals surface area contributed by atoms with E-state index in [9.17, 15) is 4.79 Å². The molecule has 0 bridgehead atoms. The second-order valence-electron chi connectivity index (χ2n) is 5.58. The standard InChI is InChI=1S/C14H20N6O2/c1-3-10-9(7-19(2)17-10)8-20-6-4-5-11(20)14-16-13(12(15)21)18-22-14/h7,11H,3-6,8H2,1-2H3,(H2,15,21)/t11-/m0/s1. The molecule has 1 amide bonds. The third kappa shape index (κ3) is 2.74. The summed E-state index contributed by atoms with van der Waals surface area (Å²) in [6, 6.07) is 0.0329. The molecule has 2 aromatic heterocycles. The lowest BCUT2D eigenvalue weighted by Crippen LogP contribution is -2.23. The molecule has 3 heterocycles. The van der Waals surface area contributed by atoms with E-state index in [1.54, 1.807) is 0 Å². The average Bonchev–Trinajstić information content (AvgIpc) is 3.18. The van der Waals surface area contributed by atoms with Crippen LogP contribution >= 0.6 is 0 Å². The van der Waals surface area contributed by atoms with E-state index in [-0.39, 0.29) is 11.9 Å². The van der Waals surface area contributed by atoms with Gasteiger partial charge >= 0.3 is 0 Å². The Balaban J connectivity index is 1.79. The summed E-state index contributed by atoms with van der Waals surface area (Å²) in [4.78, 5) is 17.5. The molecule has 1 saturated heterocycles. The molecule has 0 aliphatic carbocycles. The van der Waals surface area contributed by atoms with Crippen molar-refractivity contribution in [3.05, 3.63) is 29.2 Å². The zero-order chi connectivity index (χ0) is 15.7. The predicted molar refractivity (Wildman–Crippen MR) is 77.8 cm³/mol. The number of amides is 1. The van der Waals surface area contributed by atoms with Crippen LogP contribution in [0.5, 0.6) is 0 Å². The van der Waals surface area contributed by atoms with Crippen molar-refractivity contribution in [2.45, 2.75) is 38.8 Å². The van der Waals surface area contributed by atoms with Gasteiger partial charge in [0.25, 0.3) is 11.7 Å². The van der Waals surface area contributed by atoms with Gasteiger partial charge in [-0.25, -0.2) is 0 Å². The fourth-order valence-electron chi connectivity index (χ4n) is 3.00. The van der Waals surface area contributed by atoms with E-state index in [1.165, 1.54) is 5.56 Å². The molecule has 22 heavy (non-hydrogen) atoms. The summed E-state index contributed by atoms with van der Waals surface area (Å²) in [7, 11) is 1.93. The first-order chi connectivity index (χ1) is 10.6. The van der Waals surface area contributed by atoms with Crippen LogP contribution in [0.2, 0.25) is 0 Å². The zero-order valence-electron chi connectivity index (χ0n) is 12.8. The highest BCUT2D eigenvalue weighted by Crippen LogP contribution is 2.32. The van der Waals surface area contributed by atoms with Gasteiger partial charge in [-0.05, 0) is 25.8 Å². The summed E-state index contributed by atoms with van der Waals surface area (Å²) < 4.78 is 7.06. The van der Waals surface area contributed by atoms with Crippen molar-refractivity contribution < 1.29 is 9.32 Å². The molecule has 0 aromatic carbocycles. The van der Waals surface area contributed by atoms with Crippen molar-refractivity contribution in [3.8, 4) is 0 Å². The first-order valence-corrected chi connectivity index (χ1v) is 7.47. The van der Waals surface area contributed by atoms with Crippen LogP contribution in [0.3, 0.4) is 0 Å². The number of likely N-dealkylation sites (tertiary alicyclic amines) is 1. The minimum Gasteiger partial charge on any atom is -0.363 e. The quantitative estimate of drug-likeness (QED) is 0.876. The molecule has 8 heteroatoms. The topological polar surface area (TPSA) is 103 Å². The number of nitrogens with two attached hydrogens (primary N) is 1. The largest absolute Gasteiger partial charge is 0.363 e. The van der Waals surface area contributed by atoms with Gasteiger partial charge in [0.1, 0.15) is 0 Å². The van der Waals surface area contributed by atoms with E-state index >= 15 is 0 Å². The minimum atomic E-state index is -0.667. The molecular formula is C14H20N6O2. The van der Waals surface area contributed by atoms with Crippen LogP contribution in [0.1, 0.15) is 53.6 Å². The number of hydrogen-bond donors (Lipinski definition) is 1. The number of nitrogens with zero attached hydrogens (tertiary/aromatic N) is 5. The minimum absolute atomic E-state index is 0.0329. The highest BCUT2D eigenvalue weighted by atomic mass is 16.5. The lowest BCUT2D eigenvalue weighted by molar-refractivity contribution is 0.0987. The molecule has 0 spiro atoms. The third-order valence-corrected chi connectivity index (χ3v) is 4.01. The van der Waals surface area contributed by atoms with E-state index < -0.39 is 5.91 Å². The van der Waals surface area contributed by atoms with Gasteiger partial charge in [-0.15, -0.1) is 0 Å². The fourth-order valence-corrected chi connectivity index (χ4v) is 3.00. The van der Waals surface area contributed by atoms with E-state index in [4.69, 9.17) is 10.3 Å². The number of carbonyl (C=O) groups excluding carboxylic acids is 1. The maximum atomic E-state index is 11.1. The molecule has 2 aromatic rings. The normalized spacial score (nSPS) is 18.9. The number of aryl methyl sites for hydroxylation is 2. The molecule has 0 radical (unpaired) electrons. The van der Waals surface area contributed by atoms with E-state index in [0.29, 0.717) is 5.89 Å². The van der Waals surface area contributed by atoms with Gasteiger partial charge in [0.15, 0.2) is 0 Å². The molecule has 1 aliphatic heterocycles. The van der Waals surface area contributed by atoms with Crippen LogP contribution in [-0.2, 0) is 20.0 Å². The van der Waals surface area contributed by atoms with Gasteiger partial charge in [-0.2, -0.15) is 10.1 Å². The van der Waals surface area contributed by atoms with Crippen LogP contribution in [0, 0.1) is 0 Å². The Morgan fingerprint density at radius 3 is 3.05 bits per heavy atom. The maximum absolute atomic E-state index is 11.1. The van der Waals surface area contributed by atoms with Gasteiger partial charge in [0.05, 0.1) is 11.7 Å². The molecule has 3 rings (SSSR count). The maximum Gasteiger partial charge on any atom is 0.290 e. The molecule has 1 atom stereocenters. The van der Waals surface area contributed by atoms with Gasteiger partial charge in [-0.3, -0.25) is 14.4 Å². The summed E-state index contributed by atoms with van der Waals surface area (Å²) in [5.74, 6) is -0.259. The third-order valence-electron chi connectivity index (χ3n) is 4.01. The Hall–Kier alpha value is -2.22. The van der Waals surface area contributed by atoms with E-state index in [2.05, 4.69) is 33.3 Å². The Morgan fingerprint density at radius 2 is 2.36 bits per heavy atom. The lowest BCUT2D eigenvalue weighted by atomic mass is 10.1. The fraction of sp³-hybridized carbons (Fsp3) is 0.571. The Labute approximate surface area is 128 Å². The van der Waals surface area contributed by atoms with Gasteiger partial charge in [-0.1, -0.05) is 12.1 Å². The molecular weight excluding hydrogens is 284 g/mol. The summed E-state index contributed by atoms with van der Waals surface area (Å²) in [6.07, 6.45) is 4.95. The SMILES string of the molecule is CCc1nn(C)cc1CN1CCC[C@H]1c1nc(C(N)=O)no1. The summed E-state index contributed by atoms with van der Waals surface area (Å²) in [5, 5.41) is 8.11. The molecule has 0 unspecified atom stereocenters. The lowest BCUT2D eigenvalue weighted by Gasteiger charge is -2.21. The molecule has 8 nitrogen and oxygen atoms in total. The zero-order valence-corrected chi connectivity index (χ0v) is 12.8. The number of primary amides is 1. The number of aromatic nitrogens is 4. The highest BCUT2D eigenvalue weighted by Gasteiger charge is 2.31. The van der Waals surface area contributed by atoms with Crippen molar-refractivity contribution in [2.24, 2.45) is 12.8 Å². The smallest absolute Gasteiger partial charge is 0.290 e. The molecule has 1 fully saturated rings. The van der Waals surface area contributed by atoms with Crippen LogP contribution in [0.15, 0.2) is 10.7 Å². The Kier molecular flexibility index (Phi) is 3.93. The summed E-state index contributed by atoms with van der Waals surface area (Å²) >= 11 is 0. The summed E-state index contributed by atoms with van der Waals surface area (Å²) in [6.45, 7) is 3.84. The van der Waals surface area contributed by atoms with Crippen LogP contribution in [0.25, 0.3) is 0 Å². The average molecular weight is 304 g/mol. The second-order valence-corrected chi connectivity index (χ2v) is 5.58. The van der Waals surface area contributed by atoms with Crippen molar-refractivity contribution in [2.75, 3.05) is 6.54 Å². The van der Waals surface area contributed by atoms with E-state index in [0.717, 1.165) is 38.0 Å². The molecule has 0 saturated carbocycles. The van der Waals surface area contributed by atoms with Gasteiger partial charge in [0, 0.05) is 25.4 Å². The first-order valence-electron chi connectivity index (χ1n) is 7.47.